The largest absolute Gasteiger partial charge is 0.508 e. The van der Waals surface area contributed by atoms with E-state index in [1.807, 2.05) is 0 Å². The Morgan fingerprint density at radius 3 is 1.73 bits per heavy atom. The smallest absolute Gasteiger partial charge is 0.135 e. The molecule has 150 valence electrons. The molecule has 4 aromatic carbocycles. The molecule has 0 spiro atoms. The Morgan fingerprint density at radius 1 is 0.533 bits per heavy atom. The summed E-state index contributed by atoms with van der Waals surface area (Å²) in [6.45, 7) is 0. The van der Waals surface area contributed by atoms with E-state index in [-0.39, 0.29) is 23.0 Å². The van der Waals surface area contributed by atoms with Crippen molar-refractivity contribution in [2.75, 3.05) is 0 Å². The Kier molecular flexibility index (Phi) is 5.41. The average Bonchev–Trinajstić information content (AvgIpc) is 2.74. The fraction of sp³-hybridized carbons (Fsp3) is 0. The first-order chi connectivity index (χ1) is 14.5. The Hall–Kier alpha value is -3.77. The van der Waals surface area contributed by atoms with Gasteiger partial charge in [-0.1, -0.05) is 11.8 Å². The zero-order valence-electron chi connectivity index (χ0n) is 15.7. The molecule has 0 heterocycles. The molecule has 0 aliphatic carbocycles. The van der Waals surface area contributed by atoms with Crippen molar-refractivity contribution in [3.05, 3.63) is 84.9 Å². The number of aromatic hydroxyl groups is 4. The van der Waals surface area contributed by atoms with Crippen molar-refractivity contribution in [1.82, 2.24) is 0 Å². The van der Waals surface area contributed by atoms with Crippen LogP contribution < -0.4 is 4.74 Å². The molecular weight excluding hydrogens is 400 g/mol. The maximum absolute atomic E-state index is 10.1. The minimum atomic E-state index is 0.0620. The van der Waals surface area contributed by atoms with Gasteiger partial charge >= 0.3 is 0 Å². The van der Waals surface area contributed by atoms with Crippen LogP contribution in [0, 0.1) is 0 Å². The number of hydrogen-bond acceptors (Lipinski definition) is 6. The molecule has 0 saturated carbocycles. The molecule has 4 N–H and O–H groups in total. The van der Waals surface area contributed by atoms with Gasteiger partial charge in [0, 0.05) is 20.9 Å². The van der Waals surface area contributed by atoms with Crippen LogP contribution in [0.1, 0.15) is 0 Å². The molecule has 0 aromatic heterocycles. The Balaban J connectivity index is 1.77. The molecule has 5 nitrogen and oxygen atoms in total. The minimum Gasteiger partial charge on any atom is -0.508 e. The van der Waals surface area contributed by atoms with Gasteiger partial charge in [-0.3, -0.25) is 0 Å². The third kappa shape index (κ3) is 4.45. The summed E-state index contributed by atoms with van der Waals surface area (Å²) in [7, 11) is 0. The van der Waals surface area contributed by atoms with Crippen molar-refractivity contribution in [3.63, 3.8) is 0 Å². The first kappa shape index (κ1) is 19.5. The highest BCUT2D eigenvalue weighted by Gasteiger charge is 2.15. The Morgan fingerprint density at radius 2 is 1.07 bits per heavy atom. The first-order valence-corrected chi connectivity index (χ1v) is 9.90. The number of phenols is 4. The van der Waals surface area contributed by atoms with Crippen LogP contribution in [0.4, 0.5) is 0 Å². The zero-order valence-corrected chi connectivity index (χ0v) is 16.5. The van der Waals surface area contributed by atoms with Gasteiger partial charge in [0.15, 0.2) is 0 Å². The van der Waals surface area contributed by atoms with Crippen molar-refractivity contribution < 1.29 is 25.2 Å². The Bertz CT molecular complexity index is 1080. The van der Waals surface area contributed by atoms with Crippen LogP contribution in [0.15, 0.2) is 94.7 Å². The third-order valence-corrected chi connectivity index (χ3v) is 5.43. The van der Waals surface area contributed by atoms with Crippen LogP contribution in [0.3, 0.4) is 0 Å². The lowest BCUT2D eigenvalue weighted by Crippen LogP contribution is -1.90. The first-order valence-electron chi connectivity index (χ1n) is 9.08. The summed E-state index contributed by atoms with van der Waals surface area (Å²) in [5.74, 6) is 1.46. The van der Waals surface area contributed by atoms with Crippen LogP contribution in [0.2, 0.25) is 0 Å². The molecule has 0 aliphatic heterocycles. The second-order valence-corrected chi connectivity index (χ2v) is 7.67. The number of hydrogen-bond donors (Lipinski definition) is 4. The van der Waals surface area contributed by atoms with Gasteiger partial charge < -0.3 is 25.2 Å². The molecule has 0 unspecified atom stereocenters. The van der Waals surface area contributed by atoms with E-state index in [2.05, 4.69) is 0 Å². The van der Waals surface area contributed by atoms with Crippen LogP contribution >= 0.6 is 11.8 Å². The summed E-state index contributed by atoms with van der Waals surface area (Å²) in [5, 5.41) is 39.2. The number of ether oxygens (including phenoxy) is 1. The molecule has 0 saturated heterocycles. The monoisotopic (exact) mass is 418 g/mol. The topological polar surface area (TPSA) is 90.2 Å². The highest BCUT2D eigenvalue weighted by molar-refractivity contribution is 7.99. The highest BCUT2D eigenvalue weighted by atomic mass is 32.2. The van der Waals surface area contributed by atoms with Gasteiger partial charge in [0.25, 0.3) is 0 Å². The lowest BCUT2D eigenvalue weighted by Gasteiger charge is -2.15. The van der Waals surface area contributed by atoms with Crippen LogP contribution in [0.5, 0.6) is 34.5 Å². The standard InChI is InChI=1S/C24H18O5S/c25-15-1-7-19(8-2-15)29-23-11-5-17(27)13-21(23)22-14-18(28)6-12-24(22)30-20-9-3-16(26)4-10-20/h1-14,25-28H. The molecule has 0 fully saturated rings. The van der Waals surface area contributed by atoms with E-state index < -0.39 is 0 Å². The molecule has 0 amide bonds. The van der Waals surface area contributed by atoms with Crippen LogP contribution in [-0.2, 0) is 0 Å². The predicted molar refractivity (Wildman–Crippen MR) is 116 cm³/mol. The Labute approximate surface area is 177 Å². The molecular formula is C24H18O5S. The average molecular weight is 418 g/mol. The minimum absolute atomic E-state index is 0.0620. The molecule has 4 aromatic rings. The van der Waals surface area contributed by atoms with Crippen LogP contribution in [0.25, 0.3) is 11.1 Å². The summed E-state index contributed by atoms with van der Waals surface area (Å²) in [5.41, 5.74) is 1.28. The molecule has 6 heteroatoms. The lowest BCUT2D eigenvalue weighted by atomic mass is 10.0. The SMILES string of the molecule is Oc1ccc(Oc2ccc(O)cc2-c2cc(O)ccc2Sc2ccc(O)cc2)cc1. The van der Waals surface area contributed by atoms with E-state index >= 15 is 0 Å². The third-order valence-electron chi connectivity index (χ3n) is 4.35. The van der Waals surface area contributed by atoms with Crippen LogP contribution in [-0.4, -0.2) is 20.4 Å². The van der Waals surface area contributed by atoms with E-state index in [9.17, 15) is 20.4 Å². The van der Waals surface area contributed by atoms with Gasteiger partial charge in [0.2, 0.25) is 0 Å². The van der Waals surface area contributed by atoms with E-state index in [4.69, 9.17) is 4.74 Å². The maximum atomic E-state index is 10.1. The van der Waals surface area contributed by atoms with E-state index in [0.717, 1.165) is 9.79 Å². The molecule has 0 radical (unpaired) electrons. The van der Waals surface area contributed by atoms with Gasteiger partial charge in [0.05, 0.1) is 0 Å². The van der Waals surface area contributed by atoms with Gasteiger partial charge in [-0.2, -0.15) is 0 Å². The summed E-state index contributed by atoms with van der Waals surface area (Å²) < 4.78 is 5.99. The van der Waals surface area contributed by atoms with Crippen molar-refractivity contribution in [2.45, 2.75) is 9.79 Å². The van der Waals surface area contributed by atoms with Gasteiger partial charge in [0.1, 0.15) is 34.5 Å². The van der Waals surface area contributed by atoms with E-state index in [1.165, 1.54) is 30.0 Å². The fourth-order valence-corrected chi connectivity index (χ4v) is 3.86. The molecule has 0 atom stereocenters. The van der Waals surface area contributed by atoms with Gasteiger partial charge in [-0.15, -0.1) is 0 Å². The summed E-state index contributed by atoms with van der Waals surface area (Å²) >= 11 is 1.46. The second kappa shape index (κ2) is 8.31. The summed E-state index contributed by atoms with van der Waals surface area (Å²) in [4.78, 5) is 1.74. The lowest BCUT2D eigenvalue weighted by molar-refractivity contribution is 0.460. The second-order valence-electron chi connectivity index (χ2n) is 6.55. The number of phenolic OH excluding ortho intramolecular Hbond substituents is 4. The van der Waals surface area contributed by atoms with Crippen molar-refractivity contribution in [2.24, 2.45) is 0 Å². The zero-order chi connectivity index (χ0) is 21.1. The quantitative estimate of drug-likeness (QED) is 0.312. The normalized spacial score (nSPS) is 10.7. The highest BCUT2D eigenvalue weighted by Crippen LogP contribution is 2.43. The molecule has 0 bridgehead atoms. The van der Waals surface area contributed by atoms with Crippen molar-refractivity contribution >= 4 is 11.8 Å². The molecule has 0 aliphatic rings. The van der Waals surface area contributed by atoms with Gasteiger partial charge in [-0.25, -0.2) is 0 Å². The summed E-state index contributed by atoms with van der Waals surface area (Å²) in [6, 6.07) is 22.9. The number of benzene rings is 4. The molecule has 4 rings (SSSR count). The summed E-state index contributed by atoms with van der Waals surface area (Å²) in [6.07, 6.45) is 0. The maximum Gasteiger partial charge on any atom is 0.135 e. The van der Waals surface area contributed by atoms with E-state index in [0.29, 0.717) is 22.6 Å². The molecule has 30 heavy (non-hydrogen) atoms. The van der Waals surface area contributed by atoms with Crippen molar-refractivity contribution in [1.29, 1.82) is 0 Å². The number of rotatable bonds is 5. The predicted octanol–water partition coefficient (Wildman–Crippen LogP) is 6.12. The van der Waals surface area contributed by atoms with Crippen molar-refractivity contribution in [3.8, 4) is 45.6 Å². The van der Waals surface area contributed by atoms with E-state index in [1.54, 1.807) is 66.7 Å². The van der Waals surface area contributed by atoms with Gasteiger partial charge in [-0.05, 0) is 84.9 Å². The fourth-order valence-electron chi connectivity index (χ4n) is 2.92.